The highest BCUT2D eigenvalue weighted by Crippen LogP contribution is 2.09. The van der Waals surface area contributed by atoms with Crippen LogP contribution in [0.15, 0.2) is 33.8 Å². The van der Waals surface area contributed by atoms with Crippen molar-refractivity contribution in [2.24, 2.45) is 0 Å². The number of nitrogens with one attached hydrogen (secondary N) is 2. The van der Waals surface area contributed by atoms with E-state index in [-0.39, 0.29) is 11.4 Å². The van der Waals surface area contributed by atoms with Crippen LogP contribution in [-0.2, 0) is 16.6 Å². The molecule has 0 aliphatic carbocycles. The molecule has 6 nitrogen and oxygen atoms in total. The van der Waals surface area contributed by atoms with Crippen LogP contribution in [0.25, 0.3) is 0 Å². The van der Waals surface area contributed by atoms with Crippen LogP contribution in [0.3, 0.4) is 0 Å². The van der Waals surface area contributed by atoms with E-state index in [1.807, 2.05) is 0 Å². The van der Waals surface area contributed by atoms with E-state index in [2.05, 4.69) is 14.9 Å². The monoisotopic (exact) mass is 241 g/mol. The maximum Gasteiger partial charge on any atom is 0.244 e. The zero-order chi connectivity index (χ0) is 11.6. The summed E-state index contributed by atoms with van der Waals surface area (Å²) in [7, 11) is -3.51. The quantitative estimate of drug-likeness (QED) is 0.828. The van der Waals surface area contributed by atoms with Crippen LogP contribution in [0.5, 0.6) is 0 Å². The predicted molar refractivity (Wildman–Crippen MR) is 56.1 cm³/mol. The number of aromatic nitrogens is 2. The Hall–Kier alpha value is -1.60. The lowest BCUT2D eigenvalue weighted by Gasteiger charge is -2.01. The summed E-state index contributed by atoms with van der Waals surface area (Å²) in [4.78, 5) is 0.107. The average Bonchev–Trinajstić information content (AvgIpc) is 2.85. The Balaban J connectivity index is 2.06. The molecule has 0 atom stereocenters. The Labute approximate surface area is 92.7 Å². The first kappa shape index (κ1) is 10.9. The zero-order valence-electron chi connectivity index (χ0n) is 8.60. The minimum Gasteiger partial charge on any atom is -0.465 e. The molecule has 0 radical (unpaired) electrons. The number of furan rings is 1. The highest BCUT2D eigenvalue weighted by atomic mass is 32.2. The molecule has 7 heteroatoms. The summed E-state index contributed by atoms with van der Waals surface area (Å²) in [6.07, 6.45) is 2.56. The van der Waals surface area contributed by atoms with Crippen molar-refractivity contribution in [2.75, 3.05) is 0 Å². The summed E-state index contributed by atoms with van der Waals surface area (Å²) in [5, 5.41) is 6.03. The van der Waals surface area contributed by atoms with Crippen LogP contribution in [0.1, 0.15) is 11.5 Å². The molecule has 0 bridgehead atoms. The number of H-pyrrole nitrogens is 1. The summed E-state index contributed by atoms with van der Waals surface area (Å²) in [6.45, 7) is 1.93. The first-order valence-corrected chi connectivity index (χ1v) is 6.10. The van der Waals surface area contributed by atoms with E-state index in [0.717, 1.165) is 5.76 Å². The van der Waals surface area contributed by atoms with E-state index in [1.165, 1.54) is 12.4 Å². The van der Waals surface area contributed by atoms with Crippen LogP contribution in [0.4, 0.5) is 0 Å². The average molecular weight is 241 g/mol. The van der Waals surface area contributed by atoms with Crippen LogP contribution in [-0.4, -0.2) is 18.6 Å². The van der Waals surface area contributed by atoms with Gasteiger partial charge < -0.3 is 4.42 Å². The fraction of sp³-hybridized carbons (Fsp3) is 0.222. The predicted octanol–water partition coefficient (Wildman–Crippen LogP) is 0.790. The van der Waals surface area contributed by atoms with Gasteiger partial charge in [0.25, 0.3) is 0 Å². The molecule has 0 aliphatic heterocycles. The molecule has 0 aromatic carbocycles. The van der Waals surface area contributed by atoms with Crippen LogP contribution in [0.2, 0.25) is 0 Å². The molecule has 2 rings (SSSR count). The van der Waals surface area contributed by atoms with Gasteiger partial charge in [-0.05, 0) is 19.1 Å². The van der Waals surface area contributed by atoms with E-state index < -0.39 is 10.0 Å². The van der Waals surface area contributed by atoms with Gasteiger partial charge in [0, 0.05) is 6.20 Å². The second-order valence-corrected chi connectivity index (χ2v) is 5.04. The molecule has 16 heavy (non-hydrogen) atoms. The minimum atomic E-state index is -3.51. The minimum absolute atomic E-state index is 0.107. The zero-order valence-corrected chi connectivity index (χ0v) is 9.41. The molecule has 0 spiro atoms. The Morgan fingerprint density at radius 3 is 2.88 bits per heavy atom. The van der Waals surface area contributed by atoms with Gasteiger partial charge in [0.15, 0.2) is 0 Å². The smallest absolute Gasteiger partial charge is 0.244 e. The van der Waals surface area contributed by atoms with Crippen molar-refractivity contribution >= 4 is 10.0 Å². The standard InChI is InChI=1S/C9H11N3O3S/c1-7-2-3-8(15-7)4-12-16(13,14)9-5-10-11-6-9/h2-3,5-6,12H,4H2,1H3,(H,10,11). The summed E-state index contributed by atoms with van der Waals surface area (Å²) < 4.78 is 31.0. The van der Waals surface area contributed by atoms with Gasteiger partial charge >= 0.3 is 0 Å². The number of nitrogens with zero attached hydrogens (tertiary/aromatic N) is 1. The second-order valence-electron chi connectivity index (χ2n) is 3.27. The third-order valence-corrected chi connectivity index (χ3v) is 3.38. The van der Waals surface area contributed by atoms with E-state index in [4.69, 9.17) is 4.42 Å². The molecular weight excluding hydrogens is 230 g/mol. The molecule has 2 aromatic heterocycles. The molecule has 0 saturated carbocycles. The molecule has 0 fully saturated rings. The van der Waals surface area contributed by atoms with Gasteiger partial charge in [0.2, 0.25) is 10.0 Å². The highest BCUT2D eigenvalue weighted by Gasteiger charge is 2.15. The lowest BCUT2D eigenvalue weighted by atomic mass is 10.4. The van der Waals surface area contributed by atoms with Crippen molar-refractivity contribution < 1.29 is 12.8 Å². The van der Waals surface area contributed by atoms with Crippen LogP contribution >= 0.6 is 0 Å². The molecule has 0 unspecified atom stereocenters. The summed E-state index contributed by atoms with van der Waals surface area (Å²) in [5.74, 6) is 1.32. The molecule has 2 aromatic rings. The third kappa shape index (κ3) is 2.31. The second kappa shape index (κ2) is 4.11. The SMILES string of the molecule is Cc1ccc(CNS(=O)(=O)c2cn[nH]c2)o1. The lowest BCUT2D eigenvalue weighted by molar-refractivity contribution is 0.475. The van der Waals surface area contributed by atoms with Gasteiger partial charge in [-0.25, -0.2) is 13.1 Å². The number of rotatable bonds is 4. The van der Waals surface area contributed by atoms with Gasteiger partial charge in [-0.15, -0.1) is 0 Å². The van der Waals surface area contributed by atoms with E-state index in [9.17, 15) is 8.42 Å². The maximum atomic E-state index is 11.7. The van der Waals surface area contributed by atoms with E-state index >= 15 is 0 Å². The summed E-state index contributed by atoms with van der Waals surface area (Å²) >= 11 is 0. The van der Waals surface area contributed by atoms with Gasteiger partial charge in [0.05, 0.1) is 12.7 Å². The van der Waals surface area contributed by atoms with Gasteiger partial charge in [-0.1, -0.05) is 0 Å². The van der Waals surface area contributed by atoms with Gasteiger partial charge in [0.1, 0.15) is 16.4 Å². The maximum absolute atomic E-state index is 11.7. The Morgan fingerprint density at radius 2 is 2.31 bits per heavy atom. The molecule has 2 heterocycles. The molecule has 86 valence electrons. The van der Waals surface area contributed by atoms with Crippen molar-refractivity contribution in [3.05, 3.63) is 36.0 Å². The normalized spacial score (nSPS) is 11.8. The first-order valence-electron chi connectivity index (χ1n) is 4.62. The van der Waals surface area contributed by atoms with Crippen molar-refractivity contribution in [3.8, 4) is 0 Å². The number of sulfonamides is 1. The molecule has 0 saturated heterocycles. The molecule has 0 amide bonds. The number of aromatic amines is 1. The van der Waals surface area contributed by atoms with Crippen molar-refractivity contribution in [1.29, 1.82) is 0 Å². The Kier molecular flexibility index (Phi) is 2.80. The first-order chi connectivity index (χ1) is 7.58. The van der Waals surface area contributed by atoms with Crippen LogP contribution in [0, 0.1) is 6.92 Å². The molecule has 2 N–H and O–H groups in total. The van der Waals surface area contributed by atoms with Crippen molar-refractivity contribution in [3.63, 3.8) is 0 Å². The highest BCUT2D eigenvalue weighted by molar-refractivity contribution is 7.89. The van der Waals surface area contributed by atoms with Gasteiger partial charge in [-0.2, -0.15) is 5.10 Å². The summed E-state index contributed by atoms with van der Waals surface area (Å²) in [5.41, 5.74) is 0. The Bertz CT molecular complexity index is 557. The number of aryl methyl sites for hydroxylation is 1. The third-order valence-electron chi connectivity index (χ3n) is 2.02. The largest absolute Gasteiger partial charge is 0.465 e. The number of hydrogen-bond donors (Lipinski definition) is 2. The van der Waals surface area contributed by atoms with E-state index in [1.54, 1.807) is 19.1 Å². The van der Waals surface area contributed by atoms with Crippen LogP contribution < -0.4 is 4.72 Å². The van der Waals surface area contributed by atoms with Crippen molar-refractivity contribution in [2.45, 2.75) is 18.4 Å². The topological polar surface area (TPSA) is 88.0 Å². The lowest BCUT2D eigenvalue weighted by Crippen LogP contribution is -2.22. The fourth-order valence-electron chi connectivity index (χ4n) is 1.22. The fourth-order valence-corrected chi connectivity index (χ4v) is 2.11. The Morgan fingerprint density at radius 1 is 1.50 bits per heavy atom. The molecular formula is C9H11N3O3S. The number of hydrogen-bond acceptors (Lipinski definition) is 4. The van der Waals surface area contributed by atoms with Crippen molar-refractivity contribution in [1.82, 2.24) is 14.9 Å². The molecule has 0 aliphatic rings. The van der Waals surface area contributed by atoms with E-state index in [0.29, 0.717) is 5.76 Å². The summed E-state index contributed by atoms with van der Waals surface area (Å²) in [6, 6.07) is 3.51. The van der Waals surface area contributed by atoms with Gasteiger partial charge in [-0.3, -0.25) is 5.10 Å².